The van der Waals surface area contributed by atoms with E-state index in [1.54, 1.807) is 11.1 Å². The van der Waals surface area contributed by atoms with Crippen molar-refractivity contribution < 1.29 is 0 Å². The summed E-state index contributed by atoms with van der Waals surface area (Å²) in [5, 5.41) is 0. The highest BCUT2D eigenvalue weighted by atomic mass is 79.9. The quantitative estimate of drug-likeness (QED) is 0.609. The lowest BCUT2D eigenvalue weighted by molar-refractivity contribution is 0.143. The van der Waals surface area contributed by atoms with Gasteiger partial charge >= 0.3 is 0 Å². The number of hydrogen-bond donors (Lipinski definition) is 0. The van der Waals surface area contributed by atoms with Gasteiger partial charge in [0.05, 0.1) is 0 Å². The van der Waals surface area contributed by atoms with Crippen LogP contribution < -0.4 is 0 Å². The zero-order valence-corrected chi connectivity index (χ0v) is 19.1. The molecule has 142 valence electrons. The summed E-state index contributed by atoms with van der Waals surface area (Å²) in [6, 6.07) is 20.4. The van der Waals surface area contributed by atoms with Crippen LogP contribution in [0.25, 0.3) is 0 Å². The molecule has 2 aromatic rings. The molecule has 1 aliphatic heterocycles. The van der Waals surface area contributed by atoms with Crippen LogP contribution in [-0.2, 0) is 0 Å². The largest absolute Gasteiger partial charge is 0.308 e. The lowest BCUT2D eigenvalue weighted by atomic mass is 9.79. The van der Waals surface area contributed by atoms with E-state index in [1.165, 1.54) is 31.6 Å². The second-order valence-corrected chi connectivity index (χ2v) is 7.68. The van der Waals surface area contributed by atoms with E-state index in [1.807, 2.05) is 0 Å². The number of likely N-dealkylation sites (N-methyl/N-ethyl adjacent to an activating group) is 1. The Labute approximate surface area is 179 Å². The molecule has 1 aliphatic carbocycles. The molecule has 3 atom stereocenters. The molecule has 0 amide bonds. The van der Waals surface area contributed by atoms with Crippen molar-refractivity contribution in [1.82, 2.24) is 9.80 Å². The maximum Gasteiger partial charge on any atom is 0.0138 e. The van der Waals surface area contributed by atoms with Gasteiger partial charge in [0.15, 0.2) is 0 Å². The Bertz CT molecular complexity index is 690. The van der Waals surface area contributed by atoms with Gasteiger partial charge in [0.2, 0.25) is 0 Å². The average molecular weight is 482 g/mol. The van der Waals surface area contributed by atoms with Crippen LogP contribution in [0, 0.1) is 5.92 Å². The van der Waals surface area contributed by atoms with Crippen LogP contribution >= 0.6 is 34.0 Å². The minimum Gasteiger partial charge on any atom is -0.308 e. The number of likely N-dealkylation sites (tertiary alicyclic amines) is 1. The summed E-state index contributed by atoms with van der Waals surface area (Å²) in [7, 11) is 4.34. The Morgan fingerprint density at radius 3 is 2.27 bits per heavy atom. The van der Waals surface area contributed by atoms with E-state index in [2.05, 4.69) is 78.5 Å². The number of benzene rings is 2. The van der Waals surface area contributed by atoms with Crippen LogP contribution in [0.15, 0.2) is 54.6 Å². The van der Waals surface area contributed by atoms with Crippen molar-refractivity contribution in [3.8, 4) is 0 Å². The molecule has 1 saturated heterocycles. The summed E-state index contributed by atoms with van der Waals surface area (Å²) < 4.78 is 0. The molecule has 4 rings (SSSR count). The highest BCUT2D eigenvalue weighted by Crippen LogP contribution is 2.52. The minimum absolute atomic E-state index is 0. The second kappa shape index (κ2) is 9.50. The molecule has 0 radical (unpaired) electrons. The van der Waals surface area contributed by atoms with Gasteiger partial charge in [0, 0.05) is 25.6 Å². The molecule has 0 bridgehead atoms. The van der Waals surface area contributed by atoms with Gasteiger partial charge in [-0.15, -0.1) is 34.0 Å². The fraction of sp³-hybridized carbons (Fsp3) is 0.455. The van der Waals surface area contributed by atoms with Crippen molar-refractivity contribution >= 4 is 34.0 Å². The molecule has 4 heteroatoms. The molecular weight excluding hydrogens is 452 g/mol. The van der Waals surface area contributed by atoms with E-state index in [0.29, 0.717) is 5.92 Å². The monoisotopic (exact) mass is 480 g/mol. The van der Waals surface area contributed by atoms with Crippen molar-refractivity contribution in [3.63, 3.8) is 0 Å². The van der Waals surface area contributed by atoms with Crippen molar-refractivity contribution in [2.24, 2.45) is 5.92 Å². The first-order valence-electron chi connectivity index (χ1n) is 9.25. The first kappa shape index (κ1) is 21.6. The van der Waals surface area contributed by atoms with Crippen LogP contribution in [-0.4, -0.2) is 50.1 Å². The standard InChI is InChI=1S/C22H28N2.2BrH/c1-23(2)14-15-24-13-12-19-18-10-6-7-11-20(18)22(21(19)16-24)17-8-4-3-5-9-17;;/h3-11,19,21-22H,12-16H2,1-2H3;2*1H/t19-,21-,22-;;/m0../s1. The van der Waals surface area contributed by atoms with Gasteiger partial charge in [-0.1, -0.05) is 54.6 Å². The van der Waals surface area contributed by atoms with E-state index in [-0.39, 0.29) is 34.0 Å². The highest BCUT2D eigenvalue weighted by molar-refractivity contribution is 8.93. The fourth-order valence-corrected chi connectivity index (χ4v) is 4.77. The highest BCUT2D eigenvalue weighted by Gasteiger charge is 2.43. The molecule has 1 heterocycles. The predicted molar refractivity (Wildman–Crippen MR) is 121 cm³/mol. The normalized spacial score (nSPS) is 24.3. The molecule has 1 fully saturated rings. The number of halogens is 2. The molecular formula is C22H30Br2N2. The summed E-state index contributed by atoms with van der Waals surface area (Å²) in [5.41, 5.74) is 4.68. The van der Waals surface area contributed by atoms with Crippen molar-refractivity contribution in [2.75, 3.05) is 40.3 Å². The lowest BCUT2D eigenvalue weighted by Crippen LogP contribution is -2.42. The zero-order valence-electron chi connectivity index (χ0n) is 15.7. The summed E-state index contributed by atoms with van der Waals surface area (Å²) in [4.78, 5) is 4.98. The van der Waals surface area contributed by atoms with Gasteiger partial charge in [0.25, 0.3) is 0 Å². The zero-order chi connectivity index (χ0) is 16.5. The molecule has 2 aliphatic rings. The number of fused-ring (bicyclic) bond motifs is 3. The summed E-state index contributed by atoms with van der Waals surface area (Å²) in [6.07, 6.45) is 1.30. The van der Waals surface area contributed by atoms with Crippen LogP contribution in [0.3, 0.4) is 0 Å². The van der Waals surface area contributed by atoms with Gasteiger partial charge < -0.3 is 9.80 Å². The molecule has 0 N–H and O–H groups in total. The Balaban J connectivity index is 0.00000121. The molecule has 0 spiro atoms. The van der Waals surface area contributed by atoms with E-state index in [9.17, 15) is 0 Å². The van der Waals surface area contributed by atoms with Crippen LogP contribution in [0.4, 0.5) is 0 Å². The third kappa shape index (κ3) is 4.24. The lowest BCUT2D eigenvalue weighted by Gasteiger charge is -2.38. The summed E-state index contributed by atoms with van der Waals surface area (Å²) in [5.74, 6) is 2.03. The van der Waals surface area contributed by atoms with E-state index in [0.717, 1.165) is 18.4 Å². The predicted octanol–water partition coefficient (Wildman–Crippen LogP) is 4.96. The van der Waals surface area contributed by atoms with Gasteiger partial charge in [-0.3, -0.25) is 0 Å². The third-order valence-electron chi connectivity index (χ3n) is 5.92. The Kier molecular flexibility index (Phi) is 7.90. The molecule has 2 aromatic carbocycles. The minimum atomic E-state index is 0. The van der Waals surface area contributed by atoms with Gasteiger partial charge in [-0.25, -0.2) is 0 Å². The topological polar surface area (TPSA) is 6.48 Å². The van der Waals surface area contributed by atoms with Crippen LogP contribution in [0.1, 0.15) is 34.9 Å². The first-order valence-corrected chi connectivity index (χ1v) is 9.25. The first-order chi connectivity index (χ1) is 11.7. The summed E-state index contributed by atoms with van der Waals surface area (Å²) >= 11 is 0. The van der Waals surface area contributed by atoms with Gasteiger partial charge in [-0.05, 0) is 55.6 Å². The SMILES string of the molecule is Br.Br.CN(C)CCN1CC[C@H]2c3ccccc3[C@H](c3ccccc3)[C@H]2C1. The summed E-state index contributed by atoms with van der Waals surface area (Å²) in [6.45, 7) is 4.81. The Morgan fingerprint density at radius 1 is 0.923 bits per heavy atom. The van der Waals surface area contributed by atoms with Crippen molar-refractivity contribution in [2.45, 2.75) is 18.3 Å². The smallest absolute Gasteiger partial charge is 0.0138 e. The Morgan fingerprint density at radius 2 is 1.58 bits per heavy atom. The third-order valence-corrected chi connectivity index (χ3v) is 5.92. The molecule has 0 aromatic heterocycles. The number of hydrogen-bond acceptors (Lipinski definition) is 2. The molecule has 2 nitrogen and oxygen atoms in total. The van der Waals surface area contributed by atoms with Crippen molar-refractivity contribution in [3.05, 3.63) is 71.3 Å². The van der Waals surface area contributed by atoms with E-state index >= 15 is 0 Å². The van der Waals surface area contributed by atoms with Gasteiger partial charge in [-0.2, -0.15) is 0 Å². The van der Waals surface area contributed by atoms with Crippen LogP contribution in [0.5, 0.6) is 0 Å². The average Bonchev–Trinajstić information content (AvgIpc) is 2.94. The molecule has 26 heavy (non-hydrogen) atoms. The maximum absolute atomic E-state index is 2.68. The van der Waals surface area contributed by atoms with Crippen molar-refractivity contribution in [1.29, 1.82) is 0 Å². The maximum atomic E-state index is 2.68. The Hall–Kier alpha value is -0.680. The van der Waals surface area contributed by atoms with Crippen LogP contribution in [0.2, 0.25) is 0 Å². The number of nitrogens with zero attached hydrogens (tertiary/aromatic N) is 2. The number of rotatable bonds is 4. The van der Waals surface area contributed by atoms with E-state index in [4.69, 9.17) is 0 Å². The fourth-order valence-electron chi connectivity index (χ4n) is 4.77. The molecule has 0 unspecified atom stereocenters. The second-order valence-electron chi connectivity index (χ2n) is 7.68. The van der Waals surface area contributed by atoms with Gasteiger partial charge in [0.1, 0.15) is 0 Å². The molecule has 0 saturated carbocycles. The number of piperidine rings is 1. The van der Waals surface area contributed by atoms with E-state index < -0.39 is 0 Å².